The number of halogens is 1. The van der Waals surface area contributed by atoms with Gasteiger partial charge >= 0.3 is 75.6 Å². The van der Waals surface area contributed by atoms with Crippen LogP contribution in [0.1, 0.15) is 19.3 Å². The summed E-state index contributed by atoms with van der Waals surface area (Å²) in [4.78, 5) is 18.0. The van der Waals surface area contributed by atoms with Crippen LogP contribution in [-0.2, 0) is 4.79 Å². The molecule has 1 saturated heterocycles. The van der Waals surface area contributed by atoms with Gasteiger partial charge in [0.05, 0.1) is 0 Å². The van der Waals surface area contributed by atoms with Gasteiger partial charge in [0.1, 0.15) is 0 Å². The van der Waals surface area contributed by atoms with Crippen molar-refractivity contribution in [3.8, 4) is 0 Å². The van der Waals surface area contributed by atoms with Gasteiger partial charge in [0.15, 0.2) is 0 Å². The van der Waals surface area contributed by atoms with Crippen LogP contribution in [-0.4, -0.2) is 31.8 Å². The number of amides is 1. The third-order valence-corrected chi connectivity index (χ3v) is 3.99. The molecule has 0 unspecified atom stereocenters. The maximum atomic E-state index is 11.3. The predicted molar refractivity (Wildman–Crippen MR) is 56.3 cm³/mol. The molecule has 1 aliphatic heterocycles. The number of nitrogens with zero attached hydrogens (tertiary/aromatic N) is 1. The van der Waals surface area contributed by atoms with Crippen molar-refractivity contribution in [2.75, 3.05) is 21.0 Å². The molecule has 0 saturated carbocycles. The molecule has 0 aromatic rings. The number of piperidine rings is 1. The number of carbonyl (C=O) groups is 1. The zero-order valence-corrected chi connectivity index (χ0v) is 9.43. The van der Waals surface area contributed by atoms with E-state index in [2.05, 4.69) is 14.8 Å². The Morgan fingerprint density at radius 2 is 2.18 bits per heavy atom. The summed E-state index contributed by atoms with van der Waals surface area (Å²) >= 11 is -0.729. The fourth-order valence-electron chi connectivity index (χ4n) is 1.28. The number of alkyl halides is 3. The Morgan fingerprint density at radius 1 is 1.45 bits per heavy atom. The maximum absolute atomic E-state index is 11.3. The molecular formula is C8H16INO. The number of hydrogen-bond acceptors (Lipinski definition) is 1. The Balaban J connectivity index is 2.36. The summed E-state index contributed by atoms with van der Waals surface area (Å²) in [6.45, 7) is 1.02. The van der Waals surface area contributed by atoms with Crippen molar-refractivity contribution in [2.24, 2.45) is 0 Å². The van der Waals surface area contributed by atoms with Gasteiger partial charge in [-0.3, -0.25) is 0 Å². The molecule has 1 amide bonds. The van der Waals surface area contributed by atoms with Crippen molar-refractivity contribution in [1.29, 1.82) is 0 Å². The SMILES string of the molecule is CI(C)CN1CCCCC1=O. The van der Waals surface area contributed by atoms with Gasteiger partial charge in [-0.2, -0.15) is 0 Å². The first kappa shape index (κ1) is 9.29. The minimum atomic E-state index is -0.729. The third-order valence-electron chi connectivity index (χ3n) is 1.80. The summed E-state index contributed by atoms with van der Waals surface area (Å²) in [5, 5.41) is 0. The Hall–Kier alpha value is 0.200. The van der Waals surface area contributed by atoms with Crippen LogP contribution in [0, 0.1) is 0 Å². The van der Waals surface area contributed by atoms with Crippen molar-refractivity contribution in [3.05, 3.63) is 0 Å². The van der Waals surface area contributed by atoms with E-state index in [-0.39, 0.29) is 0 Å². The quantitative estimate of drug-likeness (QED) is 0.424. The molecule has 0 aromatic heterocycles. The first-order chi connectivity index (χ1) is 5.20. The second-order valence-corrected chi connectivity index (χ2v) is 9.04. The molecule has 1 fully saturated rings. The summed E-state index contributed by atoms with van der Waals surface area (Å²) in [6.07, 6.45) is 3.12. The molecule has 1 rings (SSSR count). The molecule has 1 heterocycles. The van der Waals surface area contributed by atoms with E-state index in [1.54, 1.807) is 0 Å². The van der Waals surface area contributed by atoms with Crippen LogP contribution < -0.4 is 0 Å². The number of likely N-dealkylation sites (tertiary alicyclic amines) is 1. The summed E-state index contributed by atoms with van der Waals surface area (Å²) < 4.78 is 1.10. The summed E-state index contributed by atoms with van der Waals surface area (Å²) in [5.41, 5.74) is 0. The topological polar surface area (TPSA) is 20.3 Å². The van der Waals surface area contributed by atoms with E-state index in [9.17, 15) is 4.79 Å². The van der Waals surface area contributed by atoms with Gasteiger partial charge in [0.2, 0.25) is 0 Å². The van der Waals surface area contributed by atoms with Crippen LogP contribution in [0.5, 0.6) is 0 Å². The Kier molecular flexibility index (Phi) is 3.62. The molecule has 0 aliphatic carbocycles. The van der Waals surface area contributed by atoms with Gasteiger partial charge in [0.25, 0.3) is 0 Å². The van der Waals surface area contributed by atoms with Gasteiger partial charge < -0.3 is 0 Å². The van der Waals surface area contributed by atoms with Crippen molar-refractivity contribution >= 4 is 25.7 Å². The van der Waals surface area contributed by atoms with E-state index < -0.39 is 19.8 Å². The Bertz CT molecular complexity index is 147. The molecule has 0 atom stereocenters. The van der Waals surface area contributed by atoms with E-state index in [0.29, 0.717) is 5.91 Å². The van der Waals surface area contributed by atoms with Crippen molar-refractivity contribution in [1.82, 2.24) is 4.90 Å². The fourth-order valence-corrected chi connectivity index (χ4v) is 3.65. The van der Waals surface area contributed by atoms with E-state index in [4.69, 9.17) is 0 Å². The van der Waals surface area contributed by atoms with Crippen molar-refractivity contribution in [2.45, 2.75) is 19.3 Å². The fraction of sp³-hybridized carbons (Fsp3) is 0.875. The van der Waals surface area contributed by atoms with Crippen LogP contribution in [0.15, 0.2) is 0 Å². The zero-order chi connectivity index (χ0) is 8.27. The molecule has 0 spiro atoms. The van der Waals surface area contributed by atoms with E-state index >= 15 is 0 Å². The number of hydrogen-bond donors (Lipinski definition) is 0. The average molecular weight is 269 g/mol. The molecule has 2 nitrogen and oxygen atoms in total. The molecule has 0 radical (unpaired) electrons. The van der Waals surface area contributed by atoms with Gasteiger partial charge in [0, 0.05) is 0 Å². The zero-order valence-electron chi connectivity index (χ0n) is 7.27. The summed E-state index contributed by atoms with van der Waals surface area (Å²) in [5.74, 6) is 0.391. The first-order valence-electron chi connectivity index (χ1n) is 3.94. The van der Waals surface area contributed by atoms with E-state index in [1.807, 2.05) is 0 Å². The second-order valence-electron chi connectivity index (χ2n) is 3.15. The van der Waals surface area contributed by atoms with Crippen LogP contribution in [0.3, 0.4) is 0 Å². The Morgan fingerprint density at radius 3 is 2.73 bits per heavy atom. The summed E-state index contributed by atoms with van der Waals surface area (Å²) in [7, 11) is 0. The van der Waals surface area contributed by atoms with Gasteiger partial charge in [-0.25, -0.2) is 0 Å². The standard InChI is InChI=1S/C8H16INO/c1-9(2)7-10-6-4-3-5-8(10)11/h3-7H2,1-2H3. The molecule has 66 valence electrons. The third kappa shape index (κ3) is 2.97. The molecule has 0 bridgehead atoms. The molecule has 3 heteroatoms. The molecule has 11 heavy (non-hydrogen) atoms. The van der Waals surface area contributed by atoms with E-state index in [1.165, 1.54) is 6.42 Å². The molecule has 1 aliphatic rings. The first-order valence-corrected chi connectivity index (χ1v) is 9.78. The average Bonchev–Trinajstić information content (AvgIpc) is 1.93. The van der Waals surface area contributed by atoms with Crippen LogP contribution >= 0.6 is 19.8 Å². The van der Waals surface area contributed by atoms with Gasteiger partial charge in [-0.1, -0.05) is 0 Å². The second kappa shape index (κ2) is 4.28. The minimum absolute atomic E-state index is 0.391. The van der Waals surface area contributed by atoms with Crippen LogP contribution in [0.4, 0.5) is 0 Å². The van der Waals surface area contributed by atoms with E-state index in [0.717, 1.165) is 23.9 Å². The summed E-state index contributed by atoms with van der Waals surface area (Å²) in [6, 6.07) is 0. The van der Waals surface area contributed by atoms with Crippen molar-refractivity contribution in [3.63, 3.8) is 0 Å². The normalized spacial score (nSPS) is 20.4. The van der Waals surface area contributed by atoms with Crippen LogP contribution in [0.2, 0.25) is 0 Å². The monoisotopic (exact) mass is 269 g/mol. The van der Waals surface area contributed by atoms with Gasteiger partial charge in [-0.15, -0.1) is 0 Å². The molecule has 0 aromatic carbocycles. The molecular weight excluding hydrogens is 253 g/mol. The number of carbonyl (C=O) groups excluding carboxylic acids is 1. The number of rotatable bonds is 2. The molecule has 0 N–H and O–H groups in total. The Labute approximate surface area is 75.7 Å². The van der Waals surface area contributed by atoms with Crippen LogP contribution in [0.25, 0.3) is 0 Å². The van der Waals surface area contributed by atoms with Gasteiger partial charge in [-0.05, 0) is 0 Å². The predicted octanol–water partition coefficient (Wildman–Crippen LogP) is 1.72. The van der Waals surface area contributed by atoms with Crippen molar-refractivity contribution < 1.29 is 4.79 Å².